The van der Waals surface area contributed by atoms with E-state index in [9.17, 15) is 13.2 Å². The summed E-state index contributed by atoms with van der Waals surface area (Å²) in [6.07, 6.45) is 0. The second-order valence-electron chi connectivity index (χ2n) is 4.03. The van der Waals surface area contributed by atoms with E-state index in [2.05, 4.69) is 0 Å². The molecule has 0 spiro atoms. The first-order chi connectivity index (χ1) is 8.30. The number of aliphatic carboxylic acids is 1. The third-order valence-corrected chi connectivity index (χ3v) is 4.86. The lowest BCUT2D eigenvalue weighted by Crippen LogP contribution is -2.41. The molecule has 1 rings (SSSR count). The van der Waals surface area contributed by atoms with Gasteiger partial charge in [-0.05, 0) is 38.5 Å². The first-order valence-electron chi connectivity index (χ1n) is 5.61. The molecular formula is C12H17NO4S. The molecule has 6 heteroatoms. The molecule has 0 aliphatic rings. The van der Waals surface area contributed by atoms with E-state index in [4.69, 9.17) is 5.11 Å². The summed E-state index contributed by atoms with van der Waals surface area (Å²) >= 11 is 0. The van der Waals surface area contributed by atoms with E-state index < -0.39 is 21.2 Å². The van der Waals surface area contributed by atoms with Crippen molar-refractivity contribution in [3.8, 4) is 0 Å². The van der Waals surface area contributed by atoms with E-state index in [-0.39, 0.29) is 6.54 Å². The summed E-state index contributed by atoms with van der Waals surface area (Å²) in [5.41, 5.74) is 1.41. The van der Waals surface area contributed by atoms with Crippen molar-refractivity contribution in [1.29, 1.82) is 0 Å². The van der Waals surface area contributed by atoms with E-state index in [0.717, 1.165) is 9.87 Å². The molecule has 0 bridgehead atoms. The number of rotatable bonds is 5. The van der Waals surface area contributed by atoms with E-state index in [1.165, 1.54) is 6.92 Å². The minimum atomic E-state index is -3.89. The van der Waals surface area contributed by atoms with Gasteiger partial charge in [0.2, 0.25) is 10.0 Å². The summed E-state index contributed by atoms with van der Waals surface area (Å²) in [6.45, 7) is 4.90. The monoisotopic (exact) mass is 271 g/mol. The lowest BCUT2D eigenvalue weighted by molar-refractivity contribution is -0.136. The Balaban J connectivity index is 3.22. The fraction of sp³-hybridized carbons (Fsp3) is 0.417. The van der Waals surface area contributed by atoms with Crippen molar-refractivity contribution in [2.24, 2.45) is 0 Å². The molecule has 0 fully saturated rings. The Hall–Kier alpha value is -1.56. The topological polar surface area (TPSA) is 74.7 Å². The van der Waals surface area contributed by atoms with Crippen molar-refractivity contribution < 1.29 is 18.3 Å². The van der Waals surface area contributed by atoms with Gasteiger partial charge in [0.15, 0.2) is 5.25 Å². The van der Waals surface area contributed by atoms with Crippen LogP contribution in [0.15, 0.2) is 24.3 Å². The largest absolute Gasteiger partial charge is 0.480 e. The zero-order chi connectivity index (χ0) is 13.9. The van der Waals surface area contributed by atoms with E-state index in [1.54, 1.807) is 25.1 Å². The summed E-state index contributed by atoms with van der Waals surface area (Å²) in [4.78, 5) is 10.9. The number of carbonyl (C=O) groups is 1. The molecule has 100 valence electrons. The van der Waals surface area contributed by atoms with Crippen LogP contribution in [0.3, 0.4) is 0 Å². The fourth-order valence-corrected chi connectivity index (χ4v) is 3.01. The maximum atomic E-state index is 12.2. The molecule has 0 radical (unpaired) electrons. The molecule has 1 aromatic carbocycles. The minimum Gasteiger partial charge on any atom is -0.480 e. The number of carboxylic acid groups (broad SMARTS) is 1. The number of carboxylic acids is 1. The average Bonchev–Trinajstić information content (AvgIpc) is 2.28. The van der Waals surface area contributed by atoms with Gasteiger partial charge in [-0.25, -0.2) is 8.42 Å². The van der Waals surface area contributed by atoms with Gasteiger partial charge in [-0.15, -0.1) is 0 Å². The maximum Gasteiger partial charge on any atom is 0.323 e. The fourth-order valence-electron chi connectivity index (χ4n) is 1.61. The number of nitrogens with zero attached hydrogens (tertiary/aromatic N) is 1. The molecule has 18 heavy (non-hydrogen) atoms. The number of hydrogen-bond donors (Lipinski definition) is 1. The number of aryl methyl sites for hydroxylation is 1. The second-order valence-corrected chi connectivity index (χ2v) is 6.21. The molecule has 0 aliphatic heterocycles. The van der Waals surface area contributed by atoms with Crippen LogP contribution in [0.1, 0.15) is 19.4 Å². The molecule has 1 unspecified atom stereocenters. The zero-order valence-corrected chi connectivity index (χ0v) is 11.4. The minimum absolute atomic E-state index is 0.198. The summed E-state index contributed by atoms with van der Waals surface area (Å²) < 4.78 is 25.4. The lowest BCUT2D eigenvalue weighted by atomic mass is 10.2. The zero-order valence-electron chi connectivity index (χ0n) is 10.6. The molecule has 0 saturated carbocycles. The molecule has 1 atom stereocenters. The highest BCUT2D eigenvalue weighted by molar-refractivity contribution is 7.94. The molecule has 0 heterocycles. The van der Waals surface area contributed by atoms with E-state index in [0.29, 0.717) is 5.69 Å². The third kappa shape index (κ3) is 2.81. The van der Waals surface area contributed by atoms with Crippen LogP contribution < -0.4 is 4.31 Å². The highest BCUT2D eigenvalue weighted by Crippen LogP contribution is 2.21. The Morgan fingerprint density at radius 3 is 2.50 bits per heavy atom. The van der Waals surface area contributed by atoms with Gasteiger partial charge in [-0.1, -0.05) is 12.1 Å². The Morgan fingerprint density at radius 1 is 1.44 bits per heavy atom. The van der Waals surface area contributed by atoms with Crippen LogP contribution in [0.25, 0.3) is 0 Å². The quantitative estimate of drug-likeness (QED) is 0.883. The van der Waals surface area contributed by atoms with Gasteiger partial charge < -0.3 is 5.11 Å². The van der Waals surface area contributed by atoms with Crippen LogP contribution in [-0.2, 0) is 14.8 Å². The van der Waals surface area contributed by atoms with Crippen molar-refractivity contribution in [2.75, 3.05) is 10.8 Å². The normalized spacial score (nSPS) is 13.1. The van der Waals surface area contributed by atoms with Crippen molar-refractivity contribution in [2.45, 2.75) is 26.0 Å². The Morgan fingerprint density at radius 2 is 2.06 bits per heavy atom. The van der Waals surface area contributed by atoms with E-state index in [1.807, 2.05) is 13.0 Å². The van der Waals surface area contributed by atoms with Gasteiger partial charge in [-0.2, -0.15) is 0 Å². The number of hydrogen-bond acceptors (Lipinski definition) is 3. The van der Waals surface area contributed by atoms with Gasteiger partial charge in [-0.3, -0.25) is 9.10 Å². The highest BCUT2D eigenvalue weighted by Gasteiger charge is 2.33. The maximum absolute atomic E-state index is 12.2. The Bertz CT molecular complexity index is 539. The van der Waals surface area contributed by atoms with Gasteiger partial charge in [0.1, 0.15) is 0 Å². The van der Waals surface area contributed by atoms with Crippen molar-refractivity contribution in [1.82, 2.24) is 0 Å². The van der Waals surface area contributed by atoms with Gasteiger partial charge in [0, 0.05) is 6.54 Å². The first kappa shape index (κ1) is 14.5. The SMILES string of the molecule is CCN(c1cccc(C)c1)S(=O)(=O)C(C)C(=O)O. The molecule has 0 amide bonds. The van der Waals surface area contributed by atoms with Crippen molar-refractivity contribution >= 4 is 21.7 Å². The smallest absolute Gasteiger partial charge is 0.323 e. The number of benzene rings is 1. The molecule has 5 nitrogen and oxygen atoms in total. The van der Waals surface area contributed by atoms with E-state index >= 15 is 0 Å². The molecule has 0 aliphatic carbocycles. The lowest BCUT2D eigenvalue weighted by Gasteiger charge is -2.25. The standard InChI is InChI=1S/C12H17NO4S/c1-4-13(11-7-5-6-9(2)8-11)18(16,17)10(3)12(14)15/h5-8,10H,4H2,1-3H3,(H,14,15). The number of anilines is 1. The van der Waals surface area contributed by atoms with Crippen LogP contribution in [-0.4, -0.2) is 31.3 Å². The van der Waals surface area contributed by atoms with Gasteiger partial charge in [0.05, 0.1) is 5.69 Å². The highest BCUT2D eigenvalue weighted by atomic mass is 32.2. The number of sulfonamides is 1. The molecule has 0 aromatic heterocycles. The summed E-state index contributed by atoms with van der Waals surface area (Å²) in [5.74, 6) is -1.35. The van der Waals surface area contributed by atoms with Crippen LogP contribution >= 0.6 is 0 Å². The summed E-state index contributed by atoms with van der Waals surface area (Å²) in [5, 5.41) is 7.40. The average molecular weight is 271 g/mol. The molecular weight excluding hydrogens is 254 g/mol. The van der Waals surface area contributed by atoms with Crippen molar-refractivity contribution in [3.05, 3.63) is 29.8 Å². The van der Waals surface area contributed by atoms with Gasteiger partial charge in [0.25, 0.3) is 0 Å². The van der Waals surface area contributed by atoms with Crippen molar-refractivity contribution in [3.63, 3.8) is 0 Å². The Kier molecular flexibility index (Phi) is 4.34. The summed E-state index contributed by atoms with van der Waals surface area (Å²) in [7, 11) is -3.89. The van der Waals surface area contributed by atoms with Crippen LogP contribution in [0.5, 0.6) is 0 Å². The molecule has 0 saturated heterocycles. The predicted molar refractivity (Wildman–Crippen MR) is 70.2 cm³/mol. The molecule has 1 N–H and O–H groups in total. The first-order valence-corrected chi connectivity index (χ1v) is 7.12. The Labute approximate surface area is 107 Å². The second kappa shape index (κ2) is 5.39. The summed E-state index contributed by atoms with van der Waals surface area (Å²) in [6, 6.07) is 6.97. The van der Waals surface area contributed by atoms with Crippen LogP contribution in [0.4, 0.5) is 5.69 Å². The van der Waals surface area contributed by atoms with Gasteiger partial charge >= 0.3 is 5.97 Å². The van der Waals surface area contributed by atoms with Crippen LogP contribution in [0, 0.1) is 6.92 Å². The predicted octanol–water partition coefficient (Wildman–Crippen LogP) is 1.62. The van der Waals surface area contributed by atoms with Crippen LogP contribution in [0.2, 0.25) is 0 Å². The third-order valence-electron chi connectivity index (χ3n) is 2.68. The molecule has 1 aromatic rings.